The van der Waals surface area contributed by atoms with Crippen molar-refractivity contribution in [3.63, 3.8) is 0 Å². The van der Waals surface area contributed by atoms with E-state index < -0.39 is 65.4 Å². The fourth-order valence-electron chi connectivity index (χ4n) is 11.1. The fraction of sp³-hybridized carbons (Fsp3) is 0.171. The molecule has 100 heavy (non-hydrogen) atoms. The van der Waals surface area contributed by atoms with Crippen LogP contribution in [0, 0.1) is 0 Å². The zero-order valence-corrected chi connectivity index (χ0v) is 55.3. The van der Waals surface area contributed by atoms with Crippen molar-refractivity contribution in [2.75, 3.05) is 11.6 Å². The molecule has 9 aromatic rings. The van der Waals surface area contributed by atoms with Gasteiger partial charge in [0.25, 0.3) is 35.4 Å². The van der Waals surface area contributed by atoms with Crippen LogP contribution >= 0.6 is 11.6 Å². The van der Waals surface area contributed by atoms with E-state index in [0.717, 1.165) is 62.5 Å². The minimum atomic E-state index is -0.882. The van der Waals surface area contributed by atoms with Crippen LogP contribution in [-0.4, -0.2) is 71.0 Å². The van der Waals surface area contributed by atoms with Gasteiger partial charge in [-0.3, -0.25) is 75.7 Å². The molecule has 0 saturated heterocycles. The molecule has 0 radical (unpaired) electrons. The van der Waals surface area contributed by atoms with E-state index in [1.807, 2.05) is 68.4 Å². The third-order valence-corrected chi connectivity index (χ3v) is 16.3. The molecule has 0 aromatic heterocycles. The number of carbonyl (C=O) groups is 11. The summed E-state index contributed by atoms with van der Waals surface area (Å²) in [6.45, 7) is 5.52. The minimum Gasteiger partial charge on any atom is -0.423 e. The first-order chi connectivity index (χ1) is 48.2. The highest BCUT2D eigenvalue weighted by molar-refractivity contribution is 6.27. The van der Waals surface area contributed by atoms with Crippen molar-refractivity contribution in [2.24, 2.45) is 0 Å². The van der Waals surface area contributed by atoms with Crippen LogP contribution in [0.1, 0.15) is 123 Å². The Morgan fingerprint density at radius 3 is 1.21 bits per heavy atom. The Hall–Kier alpha value is -12.5. The van der Waals surface area contributed by atoms with Crippen molar-refractivity contribution in [1.82, 2.24) is 48.5 Å². The van der Waals surface area contributed by atoms with Gasteiger partial charge in [-0.05, 0) is 154 Å². The molecule has 0 spiro atoms. The number of ether oxygens (including phenoxy) is 2. The molecule has 0 fully saturated rings. The summed E-state index contributed by atoms with van der Waals surface area (Å²) in [6.07, 6.45) is 3.86. The van der Waals surface area contributed by atoms with E-state index >= 15 is 0 Å². The molecule has 510 valence electrons. The molecule has 23 nitrogen and oxygen atoms in total. The number of esters is 2. The molecule has 0 aliphatic carbocycles. The normalized spacial score (nSPS) is 12.0. The number of hydrogen-bond acceptors (Lipinski definition) is 14. The highest BCUT2D eigenvalue weighted by Gasteiger charge is 2.22. The number of carbonyl (C=O) groups excluding carboxylic acids is 11. The Bertz CT molecular complexity index is 4700. The first-order valence-electron chi connectivity index (χ1n) is 31.8. The number of fused-ring (bicyclic) bond motifs is 3. The number of hydrazine groups is 3. The third kappa shape index (κ3) is 19.8. The Morgan fingerprint density at radius 1 is 0.380 bits per heavy atom. The zero-order chi connectivity index (χ0) is 71.2. The second kappa shape index (κ2) is 34.4. The Morgan fingerprint density at radius 2 is 0.750 bits per heavy atom. The van der Waals surface area contributed by atoms with Gasteiger partial charge < -0.3 is 31.2 Å². The average molecular weight is 1370 g/mol. The van der Waals surface area contributed by atoms with Crippen molar-refractivity contribution in [2.45, 2.75) is 77.4 Å². The van der Waals surface area contributed by atoms with Gasteiger partial charge in [0.05, 0.1) is 18.1 Å². The average Bonchev–Trinajstić information content (AvgIpc) is 0.822. The SMILES string of the molecule is C[C@@H](NC(=O)c1ccccc1CCC(=O)NNC(=O)/C=C/C(=O)Oc1ccc2c([C@@H](C)NC(=O)c3cc(N)ccc3CCC(=O)NNC(=O)/C=C/C(=O)Oc3ccc4c([C@@H](C)NC(=O)c5ccccc5CCC(=O)NNC(=O)CCl)cccc4c3)cccc2c1)c1cccc2ccccc12. The van der Waals surface area contributed by atoms with E-state index in [-0.39, 0.29) is 79.3 Å². The zero-order valence-electron chi connectivity index (χ0n) is 54.6. The topological polar surface area (TPSA) is 341 Å². The van der Waals surface area contributed by atoms with Gasteiger partial charge in [0.15, 0.2) is 0 Å². The summed E-state index contributed by atoms with van der Waals surface area (Å²) < 4.78 is 11.0. The molecule has 0 heterocycles. The van der Waals surface area contributed by atoms with Crippen LogP contribution in [-0.2, 0) is 57.6 Å². The maximum absolute atomic E-state index is 13.9. The van der Waals surface area contributed by atoms with Gasteiger partial charge in [-0.1, -0.05) is 133 Å². The van der Waals surface area contributed by atoms with Gasteiger partial charge in [0, 0.05) is 65.9 Å². The molecule has 0 aliphatic heterocycles. The lowest BCUT2D eigenvalue weighted by Gasteiger charge is -2.18. The summed E-state index contributed by atoms with van der Waals surface area (Å²) in [5.74, 6) is -6.66. The number of anilines is 1. The summed E-state index contributed by atoms with van der Waals surface area (Å²) in [6, 6.07) is 51.7. The summed E-state index contributed by atoms with van der Waals surface area (Å²) in [4.78, 5) is 141. The number of halogens is 1. The number of nitrogens with two attached hydrogens (primary N) is 1. The molecular weight excluding hydrogens is 1300 g/mol. The molecule has 0 aliphatic rings. The van der Waals surface area contributed by atoms with E-state index in [4.69, 9.17) is 26.8 Å². The van der Waals surface area contributed by atoms with Crippen LogP contribution in [0.15, 0.2) is 206 Å². The lowest BCUT2D eigenvalue weighted by atomic mass is 9.98. The monoisotopic (exact) mass is 1370 g/mol. The second-order valence-electron chi connectivity index (χ2n) is 23.2. The second-order valence-corrected chi connectivity index (χ2v) is 23.4. The van der Waals surface area contributed by atoms with Crippen molar-refractivity contribution >= 4 is 115 Å². The number of benzene rings is 9. The molecule has 0 unspecified atom stereocenters. The number of alkyl halides is 1. The van der Waals surface area contributed by atoms with Crippen LogP contribution in [0.2, 0.25) is 0 Å². The largest absolute Gasteiger partial charge is 0.423 e. The van der Waals surface area contributed by atoms with Crippen LogP contribution in [0.5, 0.6) is 11.5 Å². The third-order valence-electron chi connectivity index (χ3n) is 16.1. The van der Waals surface area contributed by atoms with Gasteiger partial charge in [-0.15, -0.1) is 11.6 Å². The van der Waals surface area contributed by atoms with Crippen molar-refractivity contribution in [3.05, 3.63) is 256 Å². The molecule has 9 rings (SSSR count). The highest BCUT2D eigenvalue weighted by Crippen LogP contribution is 2.31. The lowest BCUT2D eigenvalue weighted by molar-refractivity contribution is -0.130. The summed E-state index contributed by atoms with van der Waals surface area (Å²) in [5, 5.41) is 14.0. The maximum atomic E-state index is 13.9. The summed E-state index contributed by atoms with van der Waals surface area (Å²) in [5.41, 5.74) is 25.2. The predicted molar refractivity (Wildman–Crippen MR) is 377 cm³/mol. The number of amides is 9. The van der Waals surface area contributed by atoms with Crippen molar-refractivity contribution in [1.29, 1.82) is 0 Å². The molecule has 9 amide bonds. The fourth-order valence-corrected chi connectivity index (χ4v) is 11.2. The number of nitrogen functional groups attached to an aromatic ring is 1. The molecule has 0 saturated carbocycles. The molecule has 9 aromatic carbocycles. The molecule has 24 heteroatoms. The first kappa shape index (κ1) is 71.8. The van der Waals surface area contributed by atoms with Gasteiger partial charge in [0.1, 0.15) is 17.4 Å². The lowest BCUT2D eigenvalue weighted by Crippen LogP contribution is -2.42. The number of aryl methyl sites for hydroxylation is 3. The number of rotatable bonds is 25. The highest BCUT2D eigenvalue weighted by atomic mass is 35.5. The summed E-state index contributed by atoms with van der Waals surface area (Å²) in [7, 11) is 0. The number of nitrogens with one attached hydrogen (secondary N) is 9. The van der Waals surface area contributed by atoms with E-state index in [2.05, 4.69) is 48.5 Å². The predicted octanol–water partition coefficient (Wildman–Crippen LogP) is 9.00. The van der Waals surface area contributed by atoms with Crippen LogP contribution in [0.25, 0.3) is 32.3 Å². The quantitative estimate of drug-likeness (QED) is 0.00637. The molecule has 3 atom stereocenters. The van der Waals surface area contributed by atoms with Gasteiger partial charge in [0.2, 0.25) is 17.7 Å². The van der Waals surface area contributed by atoms with Crippen LogP contribution < -0.4 is 63.7 Å². The van der Waals surface area contributed by atoms with Crippen molar-refractivity contribution < 1.29 is 62.2 Å². The Balaban J connectivity index is 0.693. The van der Waals surface area contributed by atoms with Crippen LogP contribution in [0.3, 0.4) is 0 Å². The Labute approximate surface area is 579 Å². The maximum Gasteiger partial charge on any atom is 0.336 e. The van der Waals surface area contributed by atoms with Gasteiger partial charge in [-0.25, -0.2) is 9.59 Å². The van der Waals surface area contributed by atoms with Gasteiger partial charge in [-0.2, -0.15) is 0 Å². The summed E-state index contributed by atoms with van der Waals surface area (Å²) >= 11 is 5.46. The van der Waals surface area contributed by atoms with Gasteiger partial charge >= 0.3 is 11.9 Å². The van der Waals surface area contributed by atoms with Crippen LogP contribution in [0.4, 0.5) is 5.69 Å². The molecule has 11 N–H and O–H groups in total. The molecular formula is C76H71ClN10O13. The minimum absolute atomic E-state index is 0.00151. The van der Waals surface area contributed by atoms with E-state index in [1.54, 1.807) is 128 Å². The number of hydrogen-bond donors (Lipinski definition) is 10. The smallest absolute Gasteiger partial charge is 0.336 e. The van der Waals surface area contributed by atoms with E-state index in [9.17, 15) is 52.7 Å². The standard InChI is InChI=1S/C76H71ClN10O13/c1-45(57-22-10-16-48-13-4-7-19-60(48)57)79-74(96)63-20-8-5-14-49(63)26-34-66(88)82-84-69(91)37-39-72(94)100-56-31-33-62-53(42-56)18-12-24-59(62)47(3)81-76(98)65-43-54(78)29-25-51(65)28-36-67(89)83-85-70(92)38-40-73(95)99-55-30-32-61-52(41-55)17-11-23-58(61)46(2)80-75(97)64-21-9-6-15-50(64)27-35-68(90)86-87-71(93)44-77/h4-25,29-33,37-43,45-47H,26-28,34-36,44,78H2,1-3H3,(H,79,96)(H,80,97)(H,81,98)(H,82,88)(H,83,89)(H,84,91)(H,85,92)(H,86,90)(H,87,93)/b39-37+,40-38+/t45-,46-,47-/m1/s1. The van der Waals surface area contributed by atoms with Crippen molar-refractivity contribution in [3.8, 4) is 11.5 Å². The van der Waals surface area contributed by atoms with E-state index in [0.29, 0.717) is 44.3 Å². The Kier molecular flexibility index (Phi) is 24.7. The first-order valence-corrected chi connectivity index (χ1v) is 32.3. The molecule has 0 bridgehead atoms. The van der Waals surface area contributed by atoms with E-state index in [1.165, 1.54) is 6.07 Å².